The standard InChI is InChI=1S/C37H65N13O11S/c1-20(2)14-21(15-28(53)50-61)33(57)46-23(9-7-13-42-36(39)40)35(59)47-24(18-51)34(58)44-16-29(54)43-17-30(55)45-22(32(38)56)8-5-6-12-41-27(52)11-4-3-10-26-31-25(19-62-26)48-37(60)49-31/h20-26,31,51,61H,3-19H2,1-2H3,(H2,38,56)(H,41,52)(H,43,54)(H,44,58)(H,45,55)(H,46,57)(H,47,59)(H,50,53)(H4,39,40,42)(H2,48,49,60)/t21?,22-,23-,24-,25-,26-,31-/m0/s1. The molecule has 24 nitrogen and oxygen atoms in total. The summed E-state index contributed by atoms with van der Waals surface area (Å²) in [6, 6.07) is -3.72. The number of aliphatic hydroxyl groups is 1. The molecule has 2 aliphatic rings. The van der Waals surface area contributed by atoms with Gasteiger partial charge in [0.2, 0.25) is 47.3 Å². The number of aliphatic hydroxyl groups excluding tert-OH is 1. The predicted molar refractivity (Wildman–Crippen MR) is 226 cm³/mol. The molecule has 2 heterocycles. The molecule has 0 spiro atoms. The minimum absolute atomic E-state index is 0.0151. The van der Waals surface area contributed by atoms with Crippen LogP contribution in [0.3, 0.4) is 0 Å². The van der Waals surface area contributed by atoms with Gasteiger partial charge in [0, 0.05) is 42.9 Å². The van der Waals surface area contributed by atoms with E-state index in [4.69, 9.17) is 22.4 Å². The van der Waals surface area contributed by atoms with E-state index in [-0.39, 0.29) is 74.5 Å². The number of urea groups is 1. The van der Waals surface area contributed by atoms with Gasteiger partial charge in [-0.25, -0.2) is 10.3 Å². The van der Waals surface area contributed by atoms with Crippen LogP contribution < -0.4 is 65.2 Å². The first-order chi connectivity index (χ1) is 29.4. The number of fused-ring (bicyclic) bond motifs is 1. The molecule has 7 atom stereocenters. The van der Waals surface area contributed by atoms with Gasteiger partial charge in [0.25, 0.3) is 0 Å². The number of carbonyl (C=O) groups is 9. The van der Waals surface area contributed by atoms with Crippen molar-refractivity contribution in [2.75, 3.05) is 38.5 Å². The third kappa shape index (κ3) is 20.4. The first kappa shape index (κ1) is 52.7. The Kier molecular flexibility index (Phi) is 24.0. The second-order valence-electron chi connectivity index (χ2n) is 15.5. The molecule has 1 unspecified atom stereocenters. The first-order valence-corrected chi connectivity index (χ1v) is 21.8. The third-order valence-corrected chi connectivity index (χ3v) is 11.5. The highest BCUT2D eigenvalue weighted by molar-refractivity contribution is 8.00. The summed E-state index contributed by atoms with van der Waals surface area (Å²) in [5.74, 6) is -6.02. The molecule has 0 radical (unpaired) electrons. The molecule has 0 aromatic carbocycles. The first-order valence-electron chi connectivity index (χ1n) is 20.7. The molecule has 0 aliphatic carbocycles. The number of hydroxylamine groups is 1. The lowest BCUT2D eigenvalue weighted by Gasteiger charge is -2.24. The number of hydrogen-bond acceptors (Lipinski definition) is 13. The zero-order valence-electron chi connectivity index (χ0n) is 35.3. The van der Waals surface area contributed by atoms with Crippen LogP contribution in [-0.4, -0.2) is 144 Å². The van der Waals surface area contributed by atoms with Crippen LogP contribution in [0.5, 0.6) is 0 Å². The number of unbranched alkanes of at least 4 members (excludes halogenated alkanes) is 2. The van der Waals surface area contributed by atoms with Crippen molar-refractivity contribution in [2.45, 2.75) is 120 Å². The van der Waals surface area contributed by atoms with Gasteiger partial charge in [0.15, 0.2) is 5.96 Å². The van der Waals surface area contributed by atoms with E-state index in [0.29, 0.717) is 37.5 Å². The smallest absolute Gasteiger partial charge is 0.315 e. The van der Waals surface area contributed by atoms with E-state index in [1.165, 1.54) is 5.48 Å². The van der Waals surface area contributed by atoms with Crippen molar-refractivity contribution in [1.82, 2.24) is 48.0 Å². The van der Waals surface area contributed by atoms with Gasteiger partial charge < -0.3 is 64.8 Å². The van der Waals surface area contributed by atoms with Gasteiger partial charge in [-0.2, -0.15) is 11.8 Å². The maximum Gasteiger partial charge on any atom is 0.315 e. The van der Waals surface area contributed by atoms with Crippen LogP contribution in [0, 0.1) is 11.8 Å². The fourth-order valence-electron chi connectivity index (χ4n) is 6.78. The molecule has 2 saturated heterocycles. The van der Waals surface area contributed by atoms with Crippen LogP contribution in [0.15, 0.2) is 4.99 Å². The highest BCUT2D eigenvalue weighted by atomic mass is 32.2. The highest BCUT2D eigenvalue weighted by Gasteiger charge is 2.42. The number of aliphatic imine (C=N–C) groups is 1. The molecule has 2 fully saturated rings. The Morgan fingerprint density at radius 3 is 2.13 bits per heavy atom. The zero-order valence-corrected chi connectivity index (χ0v) is 36.1. The van der Waals surface area contributed by atoms with E-state index >= 15 is 0 Å². The number of primary amides is 1. The normalized spacial score (nSPS) is 18.3. The van der Waals surface area contributed by atoms with Crippen molar-refractivity contribution in [1.29, 1.82) is 0 Å². The molecule has 2 rings (SSSR count). The quantitative estimate of drug-likeness (QED) is 0.00812. The number of guanidine groups is 1. The van der Waals surface area contributed by atoms with Gasteiger partial charge in [-0.3, -0.25) is 48.6 Å². The molecular weight excluding hydrogens is 835 g/mol. The van der Waals surface area contributed by atoms with Crippen molar-refractivity contribution in [3.8, 4) is 0 Å². The third-order valence-electron chi connectivity index (χ3n) is 9.95. The van der Waals surface area contributed by atoms with Gasteiger partial charge >= 0.3 is 6.03 Å². The average molecular weight is 900 g/mol. The Bertz CT molecular complexity index is 1580. The van der Waals surface area contributed by atoms with Gasteiger partial charge in [-0.15, -0.1) is 0 Å². The van der Waals surface area contributed by atoms with Gasteiger partial charge in [-0.05, 0) is 57.3 Å². The van der Waals surface area contributed by atoms with Crippen LogP contribution in [0.1, 0.15) is 84.5 Å². The maximum absolute atomic E-state index is 13.3. The van der Waals surface area contributed by atoms with Gasteiger partial charge in [0.1, 0.15) is 18.1 Å². The number of thioether (sulfide) groups is 1. The molecule has 10 amide bonds. The summed E-state index contributed by atoms with van der Waals surface area (Å²) in [5.41, 5.74) is 17.6. The summed E-state index contributed by atoms with van der Waals surface area (Å²) in [6.45, 7) is 1.97. The van der Waals surface area contributed by atoms with Crippen LogP contribution in [-0.2, 0) is 38.4 Å². The molecule has 62 heavy (non-hydrogen) atoms. The van der Waals surface area contributed by atoms with Crippen LogP contribution in [0.2, 0.25) is 0 Å². The molecule has 2 aliphatic heterocycles. The van der Waals surface area contributed by atoms with Crippen molar-refractivity contribution in [3.63, 3.8) is 0 Å². The van der Waals surface area contributed by atoms with E-state index in [1.54, 1.807) is 0 Å². The van der Waals surface area contributed by atoms with E-state index < -0.39 is 85.1 Å². The monoisotopic (exact) mass is 899 g/mol. The summed E-state index contributed by atoms with van der Waals surface area (Å²) in [6.07, 6.45) is 4.06. The number of amides is 10. The SMILES string of the molecule is CC(C)CC(CC(=O)NO)C(=O)N[C@@H](CCCN=C(N)N)C(=O)N[C@@H](CO)C(=O)NCC(=O)NCC(=O)N[C@@H](CCCCNC(=O)CCCC[C@@H]1SC[C@@H]2NC(=O)N[C@@H]21)C(N)=O. The largest absolute Gasteiger partial charge is 0.394 e. The molecule has 17 N–H and O–H groups in total. The topological polar surface area (TPSA) is 393 Å². The second kappa shape index (κ2) is 28.2. The molecule has 350 valence electrons. The van der Waals surface area contributed by atoms with E-state index in [0.717, 1.165) is 18.6 Å². The summed E-state index contributed by atoms with van der Waals surface area (Å²) in [4.78, 5) is 116. The maximum atomic E-state index is 13.3. The van der Waals surface area contributed by atoms with E-state index in [1.807, 2.05) is 25.6 Å². The lowest BCUT2D eigenvalue weighted by molar-refractivity contribution is -0.137. The number of carbonyl (C=O) groups excluding carboxylic acids is 9. The summed E-state index contributed by atoms with van der Waals surface area (Å²) >= 11 is 1.83. The number of nitrogens with two attached hydrogens (primary N) is 3. The number of hydrogen-bond donors (Lipinski definition) is 14. The molecule has 0 aromatic heterocycles. The Labute approximate surface area is 364 Å². The molecule has 25 heteroatoms. The molecular formula is C37H65N13O11S. The van der Waals surface area contributed by atoms with Crippen LogP contribution >= 0.6 is 11.8 Å². The second-order valence-corrected chi connectivity index (χ2v) is 16.8. The van der Waals surface area contributed by atoms with Crippen LogP contribution in [0.25, 0.3) is 0 Å². The fourth-order valence-corrected chi connectivity index (χ4v) is 8.32. The van der Waals surface area contributed by atoms with E-state index in [9.17, 15) is 48.3 Å². The Balaban J connectivity index is 1.74. The van der Waals surface area contributed by atoms with Gasteiger partial charge in [0.05, 0.1) is 31.8 Å². The van der Waals surface area contributed by atoms with Crippen molar-refractivity contribution < 1.29 is 53.5 Å². The average Bonchev–Trinajstić information content (AvgIpc) is 3.78. The molecule has 0 bridgehead atoms. The van der Waals surface area contributed by atoms with Crippen molar-refractivity contribution in [3.05, 3.63) is 0 Å². The summed E-state index contributed by atoms with van der Waals surface area (Å²) < 4.78 is 0. The Morgan fingerprint density at radius 2 is 1.47 bits per heavy atom. The van der Waals surface area contributed by atoms with Crippen molar-refractivity contribution in [2.24, 2.45) is 34.0 Å². The predicted octanol–water partition coefficient (Wildman–Crippen LogP) is -4.23. The number of nitrogens with one attached hydrogen (secondary N) is 9. The minimum atomic E-state index is -1.57. The molecule has 0 saturated carbocycles. The lowest BCUT2D eigenvalue weighted by atomic mass is 9.92. The number of rotatable bonds is 30. The minimum Gasteiger partial charge on any atom is -0.394 e. The molecule has 0 aromatic rings. The van der Waals surface area contributed by atoms with Crippen molar-refractivity contribution >= 4 is 71.0 Å². The Hall–Kier alpha value is -5.43. The fraction of sp³-hybridized carbons (Fsp3) is 0.730. The Morgan fingerprint density at radius 1 is 0.774 bits per heavy atom. The lowest BCUT2D eigenvalue weighted by Crippen LogP contribution is -2.56. The summed E-state index contributed by atoms with van der Waals surface area (Å²) in [7, 11) is 0. The van der Waals surface area contributed by atoms with Gasteiger partial charge in [-0.1, -0.05) is 20.3 Å². The van der Waals surface area contributed by atoms with E-state index in [2.05, 4.69) is 47.5 Å². The summed E-state index contributed by atoms with van der Waals surface area (Å²) in [5, 5.41) is 39.7. The number of nitrogens with zero attached hydrogens (tertiary/aromatic N) is 1. The highest BCUT2D eigenvalue weighted by Crippen LogP contribution is 2.33. The van der Waals surface area contributed by atoms with Crippen LogP contribution in [0.4, 0.5) is 4.79 Å². The zero-order chi connectivity index (χ0) is 46.2.